The van der Waals surface area contributed by atoms with E-state index in [1.807, 2.05) is 6.92 Å². The summed E-state index contributed by atoms with van der Waals surface area (Å²) in [5, 5.41) is 10.4. The van der Waals surface area contributed by atoms with Crippen LogP contribution in [0.5, 0.6) is 0 Å². The van der Waals surface area contributed by atoms with Crippen molar-refractivity contribution in [3.8, 4) is 11.1 Å². The van der Waals surface area contributed by atoms with E-state index in [4.69, 9.17) is 11.6 Å². The molecule has 2 aromatic heterocycles. The summed E-state index contributed by atoms with van der Waals surface area (Å²) in [5.41, 5.74) is 1.74. The SMILES string of the molecule is Cc1sc2nc(Cl)nc(N3CCCC3C(=O)O)c2c1-c1ccc(F)cc1. The second kappa shape index (κ2) is 6.48. The van der Waals surface area contributed by atoms with Crippen LogP contribution in [-0.4, -0.2) is 33.6 Å². The Balaban J connectivity index is 1.98. The van der Waals surface area contributed by atoms with Crippen LogP contribution in [-0.2, 0) is 4.79 Å². The molecule has 1 N–H and O–H groups in total. The van der Waals surface area contributed by atoms with Gasteiger partial charge in [0.05, 0.1) is 5.39 Å². The summed E-state index contributed by atoms with van der Waals surface area (Å²) in [6, 6.07) is 5.60. The first-order chi connectivity index (χ1) is 12.5. The summed E-state index contributed by atoms with van der Waals surface area (Å²) >= 11 is 7.59. The molecule has 4 rings (SSSR count). The number of rotatable bonds is 3. The maximum Gasteiger partial charge on any atom is 0.326 e. The minimum Gasteiger partial charge on any atom is -0.480 e. The third kappa shape index (κ3) is 2.81. The van der Waals surface area contributed by atoms with Gasteiger partial charge in [-0.05, 0) is 49.1 Å². The minimum atomic E-state index is -0.874. The standard InChI is InChI=1S/C18H15ClFN3O2S/c1-9-13(10-4-6-11(20)7-5-10)14-15(21-18(19)22-16(14)26-9)23-8-2-3-12(23)17(24)25/h4-7,12H,2-3,8H2,1H3,(H,24,25). The fraction of sp³-hybridized carbons (Fsp3) is 0.278. The number of carboxylic acids is 1. The lowest BCUT2D eigenvalue weighted by Gasteiger charge is -2.23. The first kappa shape index (κ1) is 17.2. The first-order valence-electron chi connectivity index (χ1n) is 8.17. The fourth-order valence-corrected chi connectivity index (χ4v) is 4.77. The van der Waals surface area contributed by atoms with E-state index in [1.165, 1.54) is 23.5 Å². The van der Waals surface area contributed by atoms with Crippen molar-refractivity contribution >= 4 is 44.9 Å². The normalized spacial score (nSPS) is 17.2. The van der Waals surface area contributed by atoms with Crippen LogP contribution >= 0.6 is 22.9 Å². The molecule has 0 aliphatic carbocycles. The summed E-state index contributed by atoms with van der Waals surface area (Å²) in [7, 11) is 0. The molecule has 0 amide bonds. The van der Waals surface area contributed by atoms with Crippen LogP contribution in [0.1, 0.15) is 17.7 Å². The maximum atomic E-state index is 13.3. The number of aromatic nitrogens is 2. The first-order valence-corrected chi connectivity index (χ1v) is 9.37. The van der Waals surface area contributed by atoms with Crippen molar-refractivity contribution < 1.29 is 14.3 Å². The lowest BCUT2D eigenvalue weighted by molar-refractivity contribution is -0.138. The quantitative estimate of drug-likeness (QED) is 0.665. The topological polar surface area (TPSA) is 66.3 Å². The number of benzene rings is 1. The molecule has 1 saturated heterocycles. The Morgan fingerprint density at radius 3 is 2.77 bits per heavy atom. The molecule has 1 fully saturated rings. The van der Waals surface area contributed by atoms with Gasteiger partial charge in [-0.2, -0.15) is 4.98 Å². The number of carbonyl (C=O) groups is 1. The van der Waals surface area contributed by atoms with Gasteiger partial charge in [0.2, 0.25) is 5.28 Å². The highest BCUT2D eigenvalue weighted by molar-refractivity contribution is 7.19. The van der Waals surface area contributed by atoms with Crippen molar-refractivity contribution in [2.75, 3.05) is 11.4 Å². The van der Waals surface area contributed by atoms with Crippen LogP contribution in [0, 0.1) is 12.7 Å². The molecule has 1 aromatic carbocycles. The predicted octanol–water partition coefficient (Wildman–Crippen LogP) is 4.51. The lowest BCUT2D eigenvalue weighted by Crippen LogP contribution is -2.36. The molecule has 0 bridgehead atoms. The van der Waals surface area contributed by atoms with E-state index in [9.17, 15) is 14.3 Å². The summed E-state index contributed by atoms with van der Waals surface area (Å²) in [6.45, 7) is 2.55. The number of hydrogen-bond donors (Lipinski definition) is 1. The van der Waals surface area contributed by atoms with E-state index in [-0.39, 0.29) is 11.1 Å². The average Bonchev–Trinajstić information content (AvgIpc) is 3.19. The van der Waals surface area contributed by atoms with E-state index >= 15 is 0 Å². The zero-order valence-corrected chi connectivity index (χ0v) is 15.4. The van der Waals surface area contributed by atoms with Gasteiger partial charge in [0.25, 0.3) is 0 Å². The predicted molar refractivity (Wildman–Crippen MR) is 101 cm³/mol. The van der Waals surface area contributed by atoms with Crippen molar-refractivity contribution in [3.05, 3.63) is 40.2 Å². The second-order valence-electron chi connectivity index (χ2n) is 6.23. The molecular formula is C18H15ClFN3O2S. The Bertz CT molecular complexity index is 1010. The third-order valence-electron chi connectivity index (χ3n) is 4.62. The molecule has 0 radical (unpaired) electrons. The molecule has 3 heterocycles. The van der Waals surface area contributed by atoms with Crippen LogP contribution in [0.4, 0.5) is 10.2 Å². The molecule has 1 aliphatic heterocycles. The van der Waals surface area contributed by atoms with E-state index in [1.54, 1.807) is 17.0 Å². The van der Waals surface area contributed by atoms with Gasteiger partial charge in [-0.1, -0.05) is 12.1 Å². The Morgan fingerprint density at radius 1 is 1.35 bits per heavy atom. The number of carboxylic acid groups (broad SMARTS) is 1. The van der Waals surface area contributed by atoms with E-state index in [2.05, 4.69) is 9.97 Å². The summed E-state index contributed by atoms with van der Waals surface area (Å²) in [6.07, 6.45) is 1.34. The Labute approximate surface area is 158 Å². The van der Waals surface area contributed by atoms with E-state index in [0.717, 1.165) is 27.8 Å². The molecule has 5 nitrogen and oxygen atoms in total. The third-order valence-corrected chi connectivity index (χ3v) is 5.79. The molecule has 26 heavy (non-hydrogen) atoms. The van der Waals surface area contributed by atoms with Crippen LogP contribution in [0.15, 0.2) is 24.3 Å². The van der Waals surface area contributed by atoms with Gasteiger partial charge in [0, 0.05) is 17.0 Å². The highest BCUT2D eigenvalue weighted by atomic mass is 35.5. The summed E-state index contributed by atoms with van der Waals surface area (Å²) in [5.74, 6) is -0.648. The number of nitrogens with zero attached hydrogens (tertiary/aromatic N) is 3. The second-order valence-corrected chi connectivity index (χ2v) is 7.77. The van der Waals surface area contributed by atoms with Gasteiger partial charge in [0.15, 0.2) is 0 Å². The van der Waals surface area contributed by atoms with Crippen LogP contribution < -0.4 is 4.90 Å². The fourth-order valence-electron chi connectivity index (χ4n) is 3.52. The molecule has 1 aliphatic rings. The number of fused-ring (bicyclic) bond motifs is 1. The molecule has 8 heteroatoms. The van der Waals surface area contributed by atoms with Gasteiger partial charge in [0.1, 0.15) is 22.5 Å². The largest absolute Gasteiger partial charge is 0.480 e. The van der Waals surface area contributed by atoms with Gasteiger partial charge in [-0.3, -0.25) is 0 Å². The number of anilines is 1. The number of aryl methyl sites for hydroxylation is 1. The van der Waals surface area contributed by atoms with Gasteiger partial charge in [-0.25, -0.2) is 14.2 Å². The highest BCUT2D eigenvalue weighted by Gasteiger charge is 2.34. The molecular weight excluding hydrogens is 377 g/mol. The number of hydrogen-bond acceptors (Lipinski definition) is 5. The van der Waals surface area contributed by atoms with Gasteiger partial charge >= 0.3 is 5.97 Å². The molecule has 3 aromatic rings. The monoisotopic (exact) mass is 391 g/mol. The molecule has 134 valence electrons. The van der Waals surface area contributed by atoms with Crippen LogP contribution in [0.2, 0.25) is 5.28 Å². The summed E-state index contributed by atoms with van der Waals surface area (Å²) < 4.78 is 13.3. The summed E-state index contributed by atoms with van der Waals surface area (Å²) in [4.78, 5) is 23.8. The number of aliphatic carboxylic acids is 1. The molecule has 1 atom stereocenters. The Kier molecular flexibility index (Phi) is 4.28. The zero-order chi connectivity index (χ0) is 18.4. The average molecular weight is 392 g/mol. The smallest absolute Gasteiger partial charge is 0.326 e. The van der Waals surface area contributed by atoms with E-state index in [0.29, 0.717) is 23.6 Å². The Hall–Kier alpha value is -2.25. The van der Waals surface area contributed by atoms with Crippen molar-refractivity contribution in [2.45, 2.75) is 25.8 Å². The highest BCUT2D eigenvalue weighted by Crippen LogP contribution is 2.43. The molecule has 0 saturated carbocycles. The Morgan fingerprint density at radius 2 is 2.08 bits per heavy atom. The van der Waals surface area contributed by atoms with E-state index < -0.39 is 12.0 Å². The van der Waals surface area contributed by atoms with Crippen molar-refractivity contribution in [1.82, 2.24) is 9.97 Å². The minimum absolute atomic E-state index is 0.0930. The zero-order valence-electron chi connectivity index (χ0n) is 13.9. The van der Waals surface area contributed by atoms with Crippen molar-refractivity contribution in [3.63, 3.8) is 0 Å². The van der Waals surface area contributed by atoms with Gasteiger partial charge in [-0.15, -0.1) is 11.3 Å². The molecule has 1 unspecified atom stereocenters. The lowest BCUT2D eigenvalue weighted by atomic mass is 10.0. The van der Waals surface area contributed by atoms with Gasteiger partial charge < -0.3 is 10.0 Å². The van der Waals surface area contributed by atoms with Crippen LogP contribution in [0.25, 0.3) is 21.3 Å². The van der Waals surface area contributed by atoms with Crippen molar-refractivity contribution in [1.29, 1.82) is 0 Å². The maximum absolute atomic E-state index is 13.3. The number of thiophene rings is 1. The number of halogens is 2. The van der Waals surface area contributed by atoms with Crippen LogP contribution in [0.3, 0.4) is 0 Å². The van der Waals surface area contributed by atoms with Crippen molar-refractivity contribution in [2.24, 2.45) is 0 Å². The molecule has 0 spiro atoms.